The van der Waals surface area contributed by atoms with E-state index in [1.807, 2.05) is 0 Å². The van der Waals surface area contributed by atoms with Crippen molar-refractivity contribution in [3.05, 3.63) is 35.6 Å². The Hall–Kier alpha value is -2.04. The molecule has 0 N–H and O–H groups in total. The summed E-state index contributed by atoms with van der Waals surface area (Å²) >= 11 is 0. The third kappa shape index (κ3) is 0.834. The summed E-state index contributed by atoms with van der Waals surface area (Å²) in [5, 5.41) is 0. The Labute approximate surface area is 79.2 Å². The van der Waals surface area contributed by atoms with Gasteiger partial charge in [0.25, 0.3) is 0 Å². The van der Waals surface area contributed by atoms with E-state index in [1.54, 1.807) is 17.1 Å². The molecule has 0 unspecified atom stereocenters. The van der Waals surface area contributed by atoms with E-state index in [4.69, 9.17) is 0 Å². The van der Waals surface area contributed by atoms with Gasteiger partial charge >= 0.3 is 0 Å². The summed E-state index contributed by atoms with van der Waals surface area (Å²) in [6.45, 7) is 0. The van der Waals surface area contributed by atoms with Crippen LogP contribution in [0.2, 0.25) is 0 Å². The van der Waals surface area contributed by atoms with Gasteiger partial charge in [-0.3, -0.25) is 4.90 Å². The summed E-state index contributed by atoms with van der Waals surface area (Å²) < 4.78 is 13.4. The molecule has 0 aromatic rings. The van der Waals surface area contributed by atoms with Crippen LogP contribution in [-0.4, -0.2) is 23.4 Å². The summed E-state index contributed by atoms with van der Waals surface area (Å²) in [5.74, 6) is 0.788. The molecule has 0 atom stereocenters. The molecule has 4 nitrogen and oxygen atoms in total. The molecule has 3 aliphatic rings. The minimum atomic E-state index is -0.301. The summed E-state index contributed by atoms with van der Waals surface area (Å²) in [5.41, 5.74) is 0.438. The molecule has 0 radical (unpaired) electrons. The highest BCUT2D eigenvalue weighted by molar-refractivity contribution is 6.01. The Morgan fingerprint density at radius 2 is 2.07 bits per heavy atom. The van der Waals surface area contributed by atoms with Gasteiger partial charge in [-0.05, 0) is 18.2 Å². The molecule has 0 saturated carbocycles. The van der Waals surface area contributed by atoms with Gasteiger partial charge in [0.1, 0.15) is 18.0 Å². The molecule has 0 aromatic heterocycles. The van der Waals surface area contributed by atoms with Crippen LogP contribution in [0.3, 0.4) is 0 Å². The SMILES string of the molecule is FC1=CC=C2N=CN=C3N=CC=C1N23. The maximum absolute atomic E-state index is 13.4. The first-order valence-electron chi connectivity index (χ1n) is 4.09. The lowest BCUT2D eigenvalue weighted by molar-refractivity contribution is 0.530. The molecule has 14 heavy (non-hydrogen) atoms. The molecule has 0 spiro atoms. The fourth-order valence-corrected chi connectivity index (χ4v) is 1.47. The summed E-state index contributed by atoms with van der Waals surface area (Å²) in [6.07, 6.45) is 7.52. The lowest BCUT2D eigenvalue weighted by atomic mass is 10.2. The molecular weight excluding hydrogens is 183 g/mol. The van der Waals surface area contributed by atoms with Crippen LogP contribution >= 0.6 is 0 Å². The van der Waals surface area contributed by atoms with Crippen molar-refractivity contribution < 1.29 is 4.39 Å². The number of hydrogen-bond acceptors (Lipinski definition) is 4. The molecule has 3 rings (SSSR count). The molecule has 0 aliphatic carbocycles. The largest absolute Gasteiger partial charge is 0.260 e. The average molecular weight is 188 g/mol. The molecule has 0 amide bonds. The van der Waals surface area contributed by atoms with Crippen molar-refractivity contribution >= 4 is 18.5 Å². The van der Waals surface area contributed by atoms with Crippen molar-refractivity contribution in [3.8, 4) is 0 Å². The maximum atomic E-state index is 13.4. The highest BCUT2D eigenvalue weighted by Crippen LogP contribution is 2.30. The second-order valence-electron chi connectivity index (χ2n) is 2.88. The zero-order valence-electron chi connectivity index (χ0n) is 7.05. The molecule has 0 saturated heterocycles. The minimum absolute atomic E-state index is 0.301. The summed E-state index contributed by atoms with van der Waals surface area (Å²) in [7, 11) is 0. The maximum Gasteiger partial charge on any atom is 0.237 e. The van der Waals surface area contributed by atoms with Crippen molar-refractivity contribution in [2.45, 2.75) is 0 Å². The molecule has 0 fully saturated rings. The number of halogens is 1. The number of allylic oxidation sites excluding steroid dienone is 4. The molecule has 0 aromatic carbocycles. The predicted octanol–water partition coefficient (Wildman–Crippen LogP) is 1.36. The molecular formula is C9H5FN4. The molecule has 0 bridgehead atoms. The standard InChI is InChI=1S/C9H5FN4/c10-6-1-2-8-12-5-13-9-11-4-3-7(6)14(8)9/h1-5H. The third-order valence-corrected chi connectivity index (χ3v) is 2.08. The van der Waals surface area contributed by atoms with E-state index in [2.05, 4.69) is 15.0 Å². The first-order chi connectivity index (χ1) is 6.86. The van der Waals surface area contributed by atoms with Crippen LogP contribution in [0.5, 0.6) is 0 Å². The molecule has 3 aliphatic heterocycles. The van der Waals surface area contributed by atoms with Gasteiger partial charge in [-0.15, -0.1) is 0 Å². The fourth-order valence-electron chi connectivity index (χ4n) is 1.47. The van der Waals surface area contributed by atoms with E-state index in [9.17, 15) is 4.39 Å². The molecule has 3 heterocycles. The summed E-state index contributed by atoms with van der Waals surface area (Å²) in [6, 6.07) is 0. The van der Waals surface area contributed by atoms with E-state index in [-0.39, 0.29) is 5.83 Å². The van der Waals surface area contributed by atoms with Gasteiger partial charge in [-0.2, -0.15) is 0 Å². The lowest BCUT2D eigenvalue weighted by Gasteiger charge is -2.30. The van der Waals surface area contributed by atoms with Crippen LogP contribution in [0.1, 0.15) is 0 Å². The first-order valence-corrected chi connectivity index (χ1v) is 4.09. The number of guanidine groups is 1. The smallest absolute Gasteiger partial charge is 0.237 e. The third-order valence-electron chi connectivity index (χ3n) is 2.08. The highest BCUT2D eigenvalue weighted by Gasteiger charge is 2.28. The second kappa shape index (κ2) is 2.47. The van der Waals surface area contributed by atoms with E-state index >= 15 is 0 Å². The van der Waals surface area contributed by atoms with Crippen LogP contribution in [0.25, 0.3) is 0 Å². The monoisotopic (exact) mass is 188 g/mol. The lowest BCUT2D eigenvalue weighted by Crippen LogP contribution is -2.33. The zero-order chi connectivity index (χ0) is 9.54. The van der Waals surface area contributed by atoms with Gasteiger partial charge in [0.15, 0.2) is 0 Å². The van der Waals surface area contributed by atoms with Crippen LogP contribution in [0.4, 0.5) is 4.39 Å². The van der Waals surface area contributed by atoms with E-state index in [0.717, 1.165) is 0 Å². The van der Waals surface area contributed by atoms with Gasteiger partial charge in [0, 0.05) is 6.21 Å². The Bertz CT molecular complexity index is 479. The van der Waals surface area contributed by atoms with Crippen LogP contribution in [0, 0.1) is 0 Å². The van der Waals surface area contributed by atoms with E-state index < -0.39 is 0 Å². The van der Waals surface area contributed by atoms with E-state index in [1.165, 1.54) is 18.6 Å². The van der Waals surface area contributed by atoms with Crippen molar-refractivity contribution in [3.63, 3.8) is 0 Å². The second-order valence-corrected chi connectivity index (χ2v) is 2.88. The van der Waals surface area contributed by atoms with Crippen molar-refractivity contribution in [1.82, 2.24) is 4.90 Å². The number of rotatable bonds is 0. The zero-order valence-corrected chi connectivity index (χ0v) is 7.05. The van der Waals surface area contributed by atoms with Crippen LogP contribution in [0.15, 0.2) is 50.6 Å². The van der Waals surface area contributed by atoms with Gasteiger partial charge in [0.2, 0.25) is 5.96 Å². The Kier molecular flexibility index (Phi) is 1.30. The van der Waals surface area contributed by atoms with Gasteiger partial charge in [-0.1, -0.05) is 0 Å². The normalized spacial score (nSPS) is 22.2. The topological polar surface area (TPSA) is 40.3 Å². The van der Waals surface area contributed by atoms with Crippen LogP contribution in [-0.2, 0) is 0 Å². The molecule has 5 heteroatoms. The Balaban J connectivity index is 2.24. The Morgan fingerprint density at radius 3 is 3.00 bits per heavy atom. The van der Waals surface area contributed by atoms with Gasteiger partial charge in [-0.25, -0.2) is 19.4 Å². The molecule has 68 valence electrons. The van der Waals surface area contributed by atoms with Crippen molar-refractivity contribution in [2.24, 2.45) is 15.0 Å². The first kappa shape index (κ1) is 7.37. The minimum Gasteiger partial charge on any atom is -0.260 e. The highest BCUT2D eigenvalue weighted by atomic mass is 19.1. The van der Waals surface area contributed by atoms with E-state index in [0.29, 0.717) is 17.5 Å². The fraction of sp³-hybridized carbons (Fsp3) is 0. The number of hydrogen-bond donors (Lipinski definition) is 0. The Morgan fingerprint density at radius 1 is 1.14 bits per heavy atom. The quantitative estimate of drug-likeness (QED) is 0.565. The average Bonchev–Trinajstić information content (AvgIpc) is 2.24. The number of nitrogens with zero attached hydrogens (tertiary/aromatic N) is 4. The van der Waals surface area contributed by atoms with Gasteiger partial charge < -0.3 is 0 Å². The summed E-state index contributed by atoms with van der Waals surface area (Å²) in [4.78, 5) is 13.6. The van der Waals surface area contributed by atoms with Crippen molar-refractivity contribution in [1.29, 1.82) is 0 Å². The number of aliphatic imine (C=N–C) groups is 3. The predicted molar refractivity (Wildman–Crippen MR) is 51.6 cm³/mol. The van der Waals surface area contributed by atoms with Crippen molar-refractivity contribution in [2.75, 3.05) is 0 Å². The van der Waals surface area contributed by atoms with Gasteiger partial charge in [0.05, 0.1) is 5.70 Å². The van der Waals surface area contributed by atoms with Crippen LogP contribution < -0.4 is 0 Å².